The molecular weight excluding hydrogens is 652 g/mol. The zero-order chi connectivity index (χ0) is 31.9. The van der Waals surface area contributed by atoms with Crippen molar-refractivity contribution in [3.8, 4) is 34.5 Å². The van der Waals surface area contributed by atoms with Crippen LogP contribution >= 0.6 is 15.9 Å². The first-order valence-electron chi connectivity index (χ1n) is 14.2. The molecule has 0 aliphatic carbocycles. The number of halogens is 1. The van der Waals surface area contributed by atoms with Crippen molar-refractivity contribution in [3.63, 3.8) is 0 Å². The van der Waals surface area contributed by atoms with Gasteiger partial charge in [0.15, 0.2) is 47.1 Å². The maximum Gasteiger partial charge on any atom is 0.231 e. The highest BCUT2D eigenvalue weighted by atomic mass is 79.9. The summed E-state index contributed by atoms with van der Waals surface area (Å²) in [5, 5.41) is 18.0. The molecule has 0 bridgehead atoms. The average Bonchev–Trinajstić information content (AvgIpc) is 3.89. The maximum absolute atomic E-state index is 9.93. The molecule has 3 aromatic rings. The molecule has 2 fully saturated rings. The van der Waals surface area contributed by atoms with Crippen LogP contribution in [-0.4, -0.2) is 69.1 Å². The normalized spacial score (nSPS) is 16.5. The van der Waals surface area contributed by atoms with Gasteiger partial charge in [0.05, 0.1) is 26.4 Å². The molecule has 12 heteroatoms. The van der Waals surface area contributed by atoms with Crippen LogP contribution in [0.4, 0.5) is 0 Å². The highest BCUT2D eigenvalue weighted by molar-refractivity contribution is 9.10. The number of ether oxygens (including phenoxy) is 8. The van der Waals surface area contributed by atoms with Crippen molar-refractivity contribution in [1.82, 2.24) is 0 Å². The van der Waals surface area contributed by atoms with Crippen LogP contribution in [0, 0.1) is 0 Å². The van der Waals surface area contributed by atoms with Crippen LogP contribution in [0.3, 0.4) is 0 Å². The molecule has 4 aliphatic heterocycles. The Morgan fingerprint density at radius 3 is 1.91 bits per heavy atom. The van der Waals surface area contributed by atoms with E-state index in [9.17, 15) is 4.79 Å². The lowest BCUT2D eigenvalue weighted by atomic mass is 10.2. The van der Waals surface area contributed by atoms with Crippen LogP contribution in [0.15, 0.2) is 71.2 Å². The van der Waals surface area contributed by atoms with Crippen molar-refractivity contribution < 1.29 is 52.9 Å². The monoisotopic (exact) mass is 686 g/mol. The van der Waals surface area contributed by atoms with Crippen LogP contribution in [0.25, 0.3) is 12.2 Å². The highest BCUT2D eigenvalue weighted by Crippen LogP contribution is 2.34. The molecule has 0 amide bonds. The molecule has 240 valence electrons. The van der Waals surface area contributed by atoms with E-state index in [1.165, 1.54) is 24.3 Å². The number of aromatic hydroxyl groups is 2. The van der Waals surface area contributed by atoms with Gasteiger partial charge in [0.1, 0.15) is 6.29 Å². The Hall–Kier alpha value is -4.07. The molecule has 45 heavy (non-hydrogen) atoms. The largest absolute Gasteiger partial charge is 0.504 e. The average molecular weight is 688 g/mol. The van der Waals surface area contributed by atoms with Gasteiger partial charge in [-0.2, -0.15) is 0 Å². The number of fused-ring (bicyclic) bond motifs is 2. The first kappa shape index (κ1) is 33.8. The number of phenols is 2. The minimum atomic E-state index is -0.217. The highest BCUT2D eigenvalue weighted by Gasteiger charge is 2.15. The van der Waals surface area contributed by atoms with Crippen molar-refractivity contribution in [3.05, 3.63) is 82.3 Å². The molecule has 11 nitrogen and oxygen atoms in total. The molecule has 0 atom stereocenters. The molecular formula is C33H35BrO11. The van der Waals surface area contributed by atoms with Gasteiger partial charge in [0, 0.05) is 4.47 Å². The number of hydrogen-bond donors (Lipinski definition) is 2. The Labute approximate surface area is 269 Å². The van der Waals surface area contributed by atoms with Crippen LogP contribution in [0.1, 0.15) is 24.5 Å². The van der Waals surface area contributed by atoms with Gasteiger partial charge >= 0.3 is 0 Å². The number of benzene rings is 3. The Balaban J connectivity index is 0.000000142. The summed E-state index contributed by atoms with van der Waals surface area (Å²) in [5.41, 5.74) is 1.71. The molecule has 3 aromatic carbocycles. The molecule has 4 heterocycles. The van der Waals surface area contributed by atoms with Gasteiger partial charge in [-0.15, -0.1) is 0 Å². The summed E-state index contributed by atoms with van der Waals surface area (Å²) in [6.07, 6.45) is 8.19. The molecule has 0 spiro atoms. The van der Waals surface area contributed by atoms with E-state index in [2.05, 4.69) is 22.9 Å². The lowest BCUT2D eigenvalue weighted by molar-refractivity contribution is -0.104. The summed E-state index contributed by atoms with van der Waals surface area (Å²) in [4.78, 5) is 9.93. The molecule has 2 saturated heterocycles. The fraction of sp³-hybridized carbons (Fsp3) is 0.303. The van der Waals surface area contributed by atoms with Gasteiger partial charge in [0.2, 0.25) is 13.6 Å². The number of carbonyl (C=O) groups is 1. The zero-order valence-corrected chi connectivity index (χ0v) is 26.2. The third-order valence-electron chi connectivity index (χ3n) is 6.22. The molecule has 2 N–H and O–H groups in total. The Kier molecular flexibility index (Phi) is 13.6. The predicted octanol–water partition coefficient (Wildman–Crippen LogP) is 6.06. The molecule has 0 aromatic heterocycles. The smallest absolute Gasteiger partial charge is 0.231 e. The van der Waals surface area contributed by atoms with Crippen molar-refractivity contribution in [1.29, 1.82) is 0 Å². The van der Waals surface area contributed by atoms with Gasteiger partial charge in [-0.3, -0.25) is 4.79 Å². The summed E-state index contributed by atoms with van der Waals surface area (Å²) >= 11 is 3.33. The van der Waals surface area contributed by atoms with Gasteiger partial charge in [-0.05, 0) is 72.2 Å². The van der Waals surface area contributed by atoms with E-state index in [4.69, 9.17) is 48.1 Å². The summed E-state index contributed by atoms with van der Waals surface area (Å²) in [6.45, 7) is 5.57. The van der Waals surface area contributed by atoms with E-state index in [-0.39, 0.29) is 24.1 Å². The minimum Gasteiger partial charge on any atom is -0.504 e. The topological polar surface area (TPSA) is 131 Å². The number of rotatable bonds is 5. The van der Waals surface area contributed by atoms with Gasteiger partial charge < -0.3 is 48.1 Å². The second kappa shape index (κ2) is 18.0. The second-order valence-corrected chi connectivity index (χ2v) is 10.3. The van der Waals surface area contributed by atoms with Crippen molar-refractivity contribution in [2.24, 2.45) is 0 Å². The SMILES string of the molecule is Brc1ccc2c(c1)OCO2.C(=C\C1OCCO1)/c1ccc2c(c1)OCO2.CCC1OCCO1.O=C/C=C/c1ccc(O)c(O)c1. The third kappa shape index (κ3) is 11.1. The summed E-state index contributed by atoms with van der Waals surface area (Å²) in [5.74, 6) is 2.86. The predicted molar refractivity (Wildman–Crippen MR) is 168 cm³/mol. The fourth-order valence-electron chi connectivity index (χ4n) is 4.00. The number of carbonyl (C=O) groups excluding carboxylic acids is 1. The van der Waals surface area contributed by atoms with E-state index in [1.807, 2.05) is 48.6 Å². The van der Waals surface area contributed by atoms with Gasteiger partial charge in [-0.25, -0.2) is 0 Å². The molecule has 0 unspecified atom stereocenters. The quantitative estimate of drug-likeness (QED) is 0.184. The molecule has 0 radical (unpaired) electrons. The molecule has 7 rings (SSSR count). The van der Waals surface area contributed by atoms with Crippen LogP contribution < -0.4 is 18.9 Å². The second-order valence-electron chi connectivity index (χ2n) is 9.40. The Bertz CT molecular complexity index is 1430. The van der Waals surface area contributed by atoms with Gasteiger partial charge in [-0.1, -0.05) is 47.1 Å². The van der Waals surface area contributed by atoms with Gasteiger partial charge in [0.25, 0.3) is 0 Å². The Morgan fingerprint density at radius 1 is 0.711 bits per heavy atom. The van der Waals surface area contributed by atoms with Crippen molar-refractivity contribution >= 4 is 34.4 Å². The van der Waals surface area contributed by atoms with E-state index >= 15 is 0 Å². The lowest BCUT2D eigenvalue weighted by Gasteiger charge is -2.02. The zero-order valence-electron chi connectivity index (χ0n) is 24.6. The minimum absolute atomic E-state index is 0.0972. The number of allylic oxidation sites excluding steroid dienone is 1. The van der Waals surface area contributed by atoms with E-state index < -0.39 is 0 Å². The standard InChI is InChI=1S/C12H12O4.C9H8O3.C7H5BrO2.C5H10O2/c1-3-10-11(16-8-15-10)7-9(1)2-4-12-13-5-6-14-12;10-5-1-2-7-3-4-8(11)9(12)6-7;8-5-1-2-6-7(3-5)10-4-9-6;1-2-5-6-3-4-7-5/h1-4,7,12H,5-6,8H2;1-6,11-12H;1-3H,4H2;5H,2-4H2,1H3/b4-2+;2-1+;;. The number of phenolic OH excluding ortho intramolecular Hbond substituents is 2. The summed E-state index contributed by atoms with van der Waals surface area (Å²) < 4.78 is 42.5. The van der Waals surface area contributed by atoms with E-state index in [0.717, 1.165) is 52.7 Å². The van der Waals surface area contributed by atoms with E-state index in [1.54, 1.807) is 6.07 Å². The Morgan fingerprint density at radius 2 is 1.29 bits per heavy atom. The number of hydrogen-bond acceptors (Lipinski definition) is 11. The molecule has 0 saturated carbocycles. The lowest BCUT2D eigenvalue weighted by Crippen LogP contribution is -2.03. The first-order valence-corrected chi connectivity index (χ1v) is 15.0. The third-order valence-corrected chi connectivity index (χ3v) is 6.71. The molecule has 4 aliphatic rings. The summed E-state index contributed by atoms with van der Waals surface area (Å²) in [6, 6.07) is 15.8. The first-order chi connectivity index (χ1) is 21.9. The van der Waals surface area contributed by atoms with Crippen LogP contribution in [0.5, 0.6) is 34.5 Å². The van der Waals surface area contributed by atoms with E-state index in [0.29, 0.717) is 38.6 Å². The van der Waals surface area contributed by atoms with Crippen LogP contribution in [-0.2, 0) is 23.7 Å². The maximum atomic E-state index is 9.93. The van der Waals surface area contributed by atoms with Crippen molar-refractivity contribution in [2.45, 2.75) is 25.9 Å². The number of aldehydes is 1. The fourth-order valence-corrected chi connectivity index (χ4v) is 4.34. The summed E-state index contributed by atoms with van der Waals surface area (Å²) in [7, 11) is 0. The van der Waals surface area contributed by atoms with Crippen LogP contribution in [0.2, 0.25) is 0 Å². The van der Waals surface area contributed by atoms with Crippen molar-refractivity contribution in [2.75, 3.05) is 40.0 Å².